The van der Waals surface area contributed by atoms with Crippen LogP contribution in [0, 0.1) is 5.82 Å². The van der Waals surface area contributed by atoms with Crippen LogP contribution in [0.1, 0.15) is 21.7 Å². The number of aromatic nitrogens is 2. The van der Waals surface area contributed by atoms with Crippen molar-refractivity contribution >= 4 is 40.8 Å². The maximum absolute atomic E-state index is 14.1. The van der Waals surface area contributed by atoms with Crippen molar-refractivity contribution in [3.63, 3.8) is 0 Å². The molecule has 1 heterocycles. The third kappa shape index (κ3) is 3.47. The zero-order valence-corrected chi connectivity index (χ0v) is 14.8. The van der Waals surface area contributed by atoms with Crippen LogP contribution in [0.4, 0.5) is 4.39 Å². The first-order valence-electron chi connectivity index (χ1n) is 7.96. The number of nitrogens with two attached hydrogens (primary N) is 1. The Morgan fingerprint density at radius 2 is 2.15 bits per heavy atom. The van der Waals surface area contributed by atoms with Crippen molar-refractivity contribution in [1.82, 2.24) is 9.55 Å². The van der Waals surface area contributed by atoms with Crippen molar-refractivity contribution < 1.29 is 13.9 Å². The van der Waals surface area contributed by atoms with Gasteiger partial charge in [0, 0.05) is 18.7 Å². The molecular formula is C19H17ClFN3O2. The van der Waals surface area contributed by atoms with Gasteiger partial charge in [0.25, 0.3) is 0 Å². The molecule has 0 spiro atoms. The van der Waals surface area contributed by atoms with Crippen molar-refractivity contribution in [2.75, 3.05) is 13.7 Å². The quantitative estimate of drug-likeness (QED) is 0.691. The molecule has 0 bridgehead atoms. The number of methoxy groups -OCH3 is 1. The molecule has 2 aromatic carbocycles. The number of halogens is 2. The highest BCUT2D eigenvalue weighted by atomic mass is 35.5. The lowest BCUT2D eigenvalue weighted by atomic mass is 10.2. The van der Waals surface area contributed by atoms with Crippen molar-refractivity contribution in [3.8, 4) is 0 Å². The topological polar surface area (TPSA) is 70.1 Å². The Morgan fingerprint density at radius 3 is 2.88 bits per heavy atom. The summed E-state index contributed by atoms with van der Waals surface area (Å²) >= 11 is 5.81. The van der Waals surface area contributed by atoms with Crippen LogP contribution in [0.3, 0.4) is 0 Å². The molecule has 1 aromatic heterocycles. The maximum atomic E-state index is 14.1. The lowest BCUT2D eigenvalue weighted by Crippen LogP contribution is -2.11. The third-order valence-corrected chi connectivity index (χ3v) is 4.24. The van der Waals surface area contributed by atoms with E-state index in [1.165, 1.54) is 13.2 Å². The highest BCUT2D eigenvalue weighted by Gasteiger charge is 2.12. The molecule has 0 atom stereocenters. The van der Waals surface area contributed by atoms with Crippen molar-refractivity contribution in [1.29, 1.82) is 0 Å². The fourth-order valence-electron chi connectivity index (χ4n) is 2.70. The predicted molar refractivity (Wildman–Crippen MR) is 100 cm³/mol. The van der Waals surface area contributed by atoms with Crippen LogP contribution in [0.2, 0.25) is 5.02 Å². The Labute approximate surface area is 154 Å². The highest BCUT2D eigenvalue weighted by Crippen LogP contribution is 2.22. The average Bonchev–Trinajstić information content (AvgIpc) is 2.99. The van der Waals surface area contributed by atoms with E-state index < -0.39 is 11.8 Å². The Morgan fingerprint density at radius 1 is 1.35 bits per heavy atom. The molecular weight excluding hydrogens is 357 g/mol. The van der Waals surface area contributed by atoms with Gasteiger partial charge in [0.1, 0.15) is 11.6 Å². The van der Waals surface area contributed by atoms with E-state index in [1.807, 2.05) is 4.57 Å². The van der Waals surface area contributed by atoms with Gasteiger partial charge in [-0.1, -0.05) is 23.7 Å². The maximum Gasteiger partial charge on any atom is 0.337 e. The summed E-state index contributed by atoms with van der Waals surface area (Å²) in [6.45, 7) is 0.947. The van der Waals surface area contributed by atoms with Gasteiger partial charge in [0.15, 0.2) is 0 Å². The fraction of sp³-hybridized carbons (Fsp3) is 0.158. The molecule has 26 heavy (non-hydrogen) atoms. The molecule has 0 amide bonds. The molecule has 0 fully saturated rings. The predicted octanol–water partition coefficient (Wildman–Crippen LogP) is 3.74. The van der Waals surface area contributed by atoms with Crippen LogP contribution in [-0.2, 0) is 11.3 Å². The van der Waals surface area contributed by atoms with Gasteiger partial charge in [-0.2, -0.15) is 0 Å². The number of hydrogen-bond acceptors (Lipinski definition) is 4. The summed E-state index contributed by atoms with van der Waals surface area (Å²) in [6, 6.07) is 9.92. The summed E-state index contributed by atoms with van der Waals surface area (Å²) in [5.41, 5.74) is 7.94. The molecule has 0 aliphatic heterocycles. The number of fused-ring (bicyclic) bond motifs is 1. The molecule has 5 nitrogen and oxygen atoms in total. The van der Waals surface area contributed by atoms with E-state index in [0.29, 0.717) is 35.6 Å². The van der Waals surface area contributed by atoms with Gasteiger partial charge in [-0.15, -0.1) is 0 Å². The third-order valence-electron chi connectivity index (χ3n) is 3.94. The molecule has 3 rings (SSSR count). The molecule has 7 heteroatoms. The van der Waals surface area contributed by atoms with E-state index in [2.05, 4.69) is 4.98 Å². The molecule has 2 N–H and O–H groups in total. The van der Waals surface area contributed by atoms with Gasteiger partial charge in [-0.25, -0.2) is 14.2 Å². The van der Waals surface area contributed by atoms with E-state index in [-0.39, 0.29) is 5.02 Å². The van der Waals surface area contributed by atoms with Crippen LogP contribution in [0.15, 0.2) is 36.4 Å². The first kappa shape index (κ1) is 18.1. The smallest absolute Gasteiger partial charge is 0.337 e. The number of carbonyl (C=O) groups excluding carboxylic acids is 1. The molecule has 134 valence electrons. The van der Waals surface area contributed by atoms with Gasteiger partial charge < -0.3 is 15.0 Å². The van der Waals surface area contributed by atoms with Crippen LogP contribution in [-0.4, -0.2) is 29.2 Å². The molecule has 0 saturated heterocycles. The van der Waals surface area contributed by atoms with Crippen LogP contribution < -0.4 is 5.73 Å². The number of ether oxygens (including phenoxy) is 1. The van der Waals surface area contributed by atoms with Gasteiger partial charge in [0.05, 0.1) is 28.7 Å². The Hall–Kier alpha value is -2.70. The van der Waals surface area contributed by atoms with Crippen molar-refractivity contribution in [2.24, 2.45) is 5.73 Å². The van der Waals surface area contributed by atoms with E-state index in [4.69, 9.17) is 22.1 Å². The minimum absolute atomic E-state index is 0.0605. The number of hydrogen-bond donors (Lipinski definition) is 1. The number of rotatable bonds is 5. The largest absolute Gasteiger partial charge is 0.465 e. The Bertz CT molecular complexity index is 998. The first-order chi connectivity index (χ1) is 12.5. The Balaban J connectivity index is 2.06. The molecule has 0 aliphatic rings. The zero-order chi connectivity index (χ0) is 18.7. The monoisotopic (exact) mass is 373 g/mol. The number of esters is 1. The SMILES string of the molecule is COC(=O)c1ccc2c(c1)nc(/C=C/c1cccc(Cl)c1F)n2CCN. The van der Waals surface area contributed by atoms with Crippen LogP contribution in [0.5, 0.6) is 0 Å². The highest BCUT2D eigenvalue weighted by molar-refractivity contribution is 6.30. The second-order valence-corrected chi connectivity index (χ2v) is 5.99. The molecule has 0 aliphatic carbocycles. The van der Waals surface area contributed by atoms with E-state index in [0.717, 1.165) is 5.52 Å². The lowest BCUT2D eigenvalue weighted by molar-refractivity contribution is 0.0601. The number of nitrogens with zero attached hydrogens (tertiary/aromatic N) is 2. The van der Waals surface area contributed by atoms with Crippen molar-refractivity contribution in [3.05, 3.63) is 64.2 Å². The number of benzene rings is 2. The summed E-state index contributed by atoms with van der Waals surface area (Å²) in [5.74, 6) is -0.315. The molecule has 3 aromatic rings. The van der Waals surface area contributed by atoms with Crippen LogP contribution >= 0.6 is 11.6 Å². The van der Waals surface area contributed by atoms with Gasteiger partial charge in [0.2, 0.25) is 0 Å². The average molecular weight is 374 g/mol. The Kier molecular flexibility index (Phi) is 5.35. The summed E-state index contributed by atoms with van der Waals surface area (Å²) in [7, 11) is 1.33. The van der Waals surface area contributed by atoms with E-state index in [9.17, 15) is 9.18 Å². The minimum Gasteiger partial charge on any atom is -0.465 e. The second kappa shape index (κ2) is 7.68. The summed E-state index contributed by atoms with van der Waals surface area (Å²) in [4.78, 5) is 16.2. The summed E-state index contributed by atoms with van der Waals surface area (Å²) < 4.78 is 20.7. The first-order valence-corrected chi connectivity index (χ1v) is 8.33. The molecule has 0 saturated carbocycles. The van der Waals surface area contributed by atoms with Crippen LogP contribution in [0.25, 0.3) is 23.2 Å². The van der Waals surface area contributed by atoms with Gasteiger partial charge >= 0.3 is 5.97 Å². The fourth-order valence-corrected chi connectivity index (χ4v) is 2.88. The van der Waals surface area contributed by atoms with E-state index >= 15 is 0 Å². The molecule has 0 radical (unpaired) electrons. The zero-order valence-electron chi connectivity index (χ0n) is 14.1. The van der Waals surface area contributed by atoms with Gasteiger partial charge in [-0.05, 0) is 36.4 Å². The minimum atomic E-state index is -0.486. The lowest BCUT2D eigenvalue weighted by Gasteiger charge is -2.05. The normalized spacial score (nSPS) is 11.4. The number of imidazole rings is 1. The standard InChI is InChI=1S/C19H17ClFN3O2/c1-26-19(25)13-5-7-16-15(11-13)23-17(24(16)10-9-22)8-6-12-3-2-4-14(20)18(12)21/h2-8,11H,9-10,22H2,1H3/b8-6+. The van der Waals surface area contributed by atoms with E-state index in [1.54, 1.807) is 42.5 Å². The summed E-state index contributed by atoms with van der Waals surface area (Å²) in [5, 5.41) is 0.0605. The molecule has 0 unspecified atom stereocenters. The van der Waals surface area contributed by atoms with Crippen molar-refractivity contribution in [2.45, 2.75) is 6.54 Å². The van der Waals surface area contributed by atoms with Gasteiger partial charge in [-0.3, -0.25) is 0 Å². The number of carbonyl (C=O) groups is 1. The summed E-state index contributed by atoms with van der Waals surface area (Å²) in [6.07, 6.45) is 3.30. The second-order valence-electron chi connectivity index (χ2n) is 5.58.